The van der Waals surface area contributed by atoms with Gasteiger partial charge in [-0.05, 0) is 25.2 Å². The second kappa shape index (κ2) is 7.02. The second-order valence-electron chi connectivity index (χ2n) is 6.62. The van der Waals surface area contributed by atoms with Gasteiger partial charge in [0.25, 0.3) is 5.24 Å². The van der Waals surface area contributed by atoms with Crippen LogP contribution in [0.3, 0.4) is 0 Å². The minimum atomic E-state index is -0.115. The standard InChI is InChI=1S/C16H24N2O3S/c19-14(6-5-12-3-1-2-4-12)17-9-7-13(8-10-17)18-15(20)11-22-16(18)21/h12-13H,1-11H2. The molecule has 3 fully saturated rings. The first-order chi connectivity index (χ1) is 10.6. The van der Waals surface area contributed by atoms with E-state index in [0.717, 1.165) is 36.9 Å². The van der Waals surface area contributed by atoms with Gasteiger partial charge in [-0.15, -0.1) is 0 Å². The van der Waals surface area contributed by atoms with Crippen LogP contribution in [-0.2, 0) is 9.59 Å². The summed E-state index contributed by atoms with van der Waals surface area (Å²) in [5, 5.41) is -0.115. The summed E-state index contributed by atoms with van der Waals surface area (Å²) in [6.07, 6.45) is 8.35. The molecule has 2 aliphatic heterocycles. The van der Waals surface area contributed by atoms with Crippen molar-refractivity contribution in [2.75, 3.05) is 18.8 Å². The molecule has 0 N–H and O–H groups in total. The van der Waals surface area contributed by atoms with Crippen LogP contribution in [0, 0.1) is 5.92 Å². The van der Waals surface area contributed by atoms with Crippen LogP contribution in [-0.4, -0.2) is 51.7 Å². The van der Waals surface area contributed by atoms with E-state index in [1.165, 1.54) is 30.6 Å². The normalized spacial score (nSPS) is 24.5. The van der Waals surface area contributed by atoms with Gasteiger partial charge in [0.15, 0.2) is 0 Å². The number of imide groups is 1. The van der Waals surface area contributed by atoms with Gasteiger partial charge in [-0.25, -0.2) is 0 Å². The predicted octanol–water partition coefficient (Wildman–Crippen LogP) is 2.64. The number of carbonyl (C=O) groups is 3. The highest BCUT2D eigenvalue weighted by molar-refractivity contribution is 8.14. The van der Waals surface area contributed by atoms with E-state index in [1.54, 1.807) is 0 Å². The summed E-state index contributed by atoms with van der Waals surface area (Å²) in [6, 6.07) is -0.00566. The number of rotatable bonds is 4. The van der Waals surface area contributed by atoms with Crippen molar-refractivity contribution < 1.29 is 14.4 Å². The zero-order chi connectivity index (χ0) is 15.5. The molecule has 0 spiro atoms. The lowest BCUT2D eigenvalue weighted by molar-refractivity contribution is -0.133. The van der Waals surface area contributed by atoms with E-state index in [2.05, 4.69) is 0 Å². The van der Waals surface area contributed by atoms with Gasteiger partial charge < -0.3 is 4.90 Å². The van der Waals surface area contributed by atoms with Crippen LogP contribution in [0.5, 0.6) is 0 Å². The van der Waals surface area contributed by atoms with Crippen molar-refractivity contribution in [2.45, 2.75) is 57.4 Å². The molecule has 0 aromatic rings. The van der Waals surface area contributed by atoms with Gasteiger partial charge in [0.05, 0.1) is 5.75 Å². The zero-order valence-corrected chi connectivity index (χ0v) is 13.8. The van der Waals surface area contributed by atoms with Crippen molar-refractivity contribution in [3.8, 4) is 0 Å². The van der Waals surface area contributed by atoms with Gasteiger partial charge in [0.1, 0.15) is 0 Å². The van der Waals surface area contributed by atoms with E-state index < -0.39 is 0 Å². The largest absolute Gasteiger partial charge is 0.343 e. The topological polar surface area (TPSA) is 57.7 Å². The molecule has 3 amide bonds. The fourth-order valence-corrected chi connectivity index (χ4v) is 4.65. The first kappa shape index (κ1) is 15.8. The smallest absolute Gasteiger partial charge is 0.289 e. The third kappa shape index (κ3) is 3.47. The molecule has 1 aliphatic carbocycles. The Hall–Kier alpha value is -1.04. The van der Waals surface area contributed by atoms with Crippen molar-refractivity contribution in [1.29, 1.82) is 0 Å². The number of thioether (sulfide) groups is 1. The number of piperidine rings is 1. The molecule has 22 heavy (non-hydrogen) atoms. The van der Waals surface area contributed by atoms with Gasteiger partial charge >= 0.3 is 0 Å². The van der Waals surface area contributed by atoms with Crippen molar-refractivity contribution in [3.05, 3.63) is 0 Å². The molecular formula is C16H24N2O3S. The number of hydrogen-bond donors (Lipinski definition) is 0. The molecule has 2 saturated heterocycles. The maximum atomic E-state index is 12.3. The van der Waals surface area contributed by atoms with Crippen LogP contribution in [0.1, 0.15) is 51.4 Å². The summed E-state index contributed by atoms with van der Waals surface area (Å²) in [5.41, 5.74) is 0. The van der Waals surface area contributed by atoms with Crippen LogP contribution in [0.25, 0.3) is 0 Å². The Morgan fingerprint density at radius 2 is 1.77 bits per heavy atom. The number of likely N-dealkylation sites (tertiary alicyclic amines) is 1. The first-order valence-electron chi connectivity index (χ1n) is 8.41. The number of nitrogens with zero attached hydrogens (tertiary/aromatic N) is 2. The molecule has 122 valence electrons. The molecular weight excluding hydrogens is 300 g/mol. The molecule has 0 bridgehead atoms. The van der Waals surface area contributed by atoms with Crippen LogP contribution in [0.15, 0.2) is 0 Å². The maximum absolute atomic E-state index is 12.3. The van der Waals surface area contributed by atoms with Crippen molar-refractivity contribution in [1.82, 2.24) is 9.80 Å². The predicted molar refractivity (Wildman–Crippen MR) is 85.5 cm³/mol. The fourth-order valence-electron chi connectivity index (χ4n) is 3.88. The number of amides is 3. The van der Waals surface area contributed by atoms with E-state index in [9.17, 15) is 14.4 Å². The van der Waals surface area contributed by atoms with E-state index >= 15 is 0 Å². The average molecular weight is 324 g/mol. The Kier molecular flexibility index (Phi) is 5.06. The molecule has 3 rings (SSSR count). The molecule has 0 aromatic carbocycles. The third-order valence-electron chi connectivity index (χ3n) is 5.21. The molecule has 0 unspecified atom stereocenters. The lowest BCUT2D eigenvalue weighted by atomic mass is 9.99. The van der Waals surface area contributed by atoms with Crippen LogP contribution < -0.4 is 0 Å². The highest BCUT2D eigenvalue weighted by Gasteiger charge is 2.37. The van der Waals surface area contributed by atoms with Crippen LogP contribution in [0.4, 0.5) is 4.79 Å². The zero-order valence-electron chi connectivity index (χ0n) is 13.0. The Bertz CT molecular complexity index is 438. The number of hydrogen-bond acceptors (Lipinski definition) is 4. The van der Waals surface area contributed by atoms with Crippen molar-refractivity contribution in [3.63, 3.8) is 0 Å². The lowest BCUT2D eigenvalue weighted by Gasteiger charge is -2.35. The van der Waals surface area contributed by atoms with E-state index in [1.807, 2.05) is 4.90 Å². The highest BCUT2D eigenvalue weighted by atomic mass is 32.2. The fraction of sp³-hybridized carbons (Fsp3) is 0.812. The number of carbonyl (C=O) groups excluding carboxylic acids is 3. The van der Waals surface area contributed by atoms with Gasteiger partial charge in [-0.3, -0.25) is 19.3 Å². The molecule has 5 nitrogen and oxygen atoms in total. The highest BCUT2D eigenvalue weighted by Crippen LogP contribution is 2.30. The Labute approximate surface area is 135 Å². The molecule has 2 heterocycles. The summed E-state index contributed by atoms with van der Waals surface area (Å²) in [6.45, 7) is 1.35. The molecule has 0 atom stereocenters. The van der Waals surface area contributed by atoms with Gasteiger partial charge in [-0.2, -0.15) is 0 Å². The second-order valence-corrected chi connectivity index (χ2v) is 7.55. The van der Waals surface area contributed by atoms with Crippen molar-refractivity contribution >= 4 is 28.8 Å². The Morgan fingerprint density at radius 1 is 1.09 bits per heavy atom. The minimum absolute atomic E-state index is 0.00566. The van der Waals surface area contributed by atoms with Crippen LogP contribution >= 0.6 is 11.8 Å². The average Bonchev–Trinajstić information content (AvgIpc) is 3.15. The lowest BCUT2D eigenvalue weighted by Crippen LogP contribution is -2.48. The molecule has 3 aliphatic rings. The van der Waals surface area contributed by atoms with E-state index in [-0.39, 0.29) is 28.8 Å². The first-order valence-corrected chi connectivity index (χ1v) is 9.40. The SMILES string of the molecule is O=C(CCC1CCCC1)N1CCC(N2C(=O)CSC2=O)CC1. The summed E-state index contributed by atoms with van der Waals surface area (Å²) >= 11 is 1.09. The van der Waals surface area contributed by atoms with Crippen molar-refractivity contribution in [2.24, 2.45) is 5.92 Å². The molecule has 0 aromatic heterocycles. The Balaban J connectivity index is 1.43. The summed E-state index contributed by atoms with van der Waals surface area (Å²) < 4.78 is 0. The summed E-state index contributed by atoms with van der Waals surface area (Å²) in [7, 11) is 0. The van der Waals surface area contributed by atoms with E-state index in [0.29, 0.717) is 19.5 Å². The van der Waals surface area contributed by atoms with Gasteiger partial charge in [-0.1, -0.05) is 37.4 Å². The van der Waals surface area contributed by atoms with Gasteiger partial charge in [0.2, 0.25) is 11.8 Å². The summed E-state index contributed by atoms with van der Waals surface area (Å²) in [5.74, 6) is 1.21. The molecule has 6 heteroatoms. The monoisotopic (exact) mass is 324 g/mol. The van der Waals surface area contributed by atoms with Crippen LogP contribution in [0.2, 0.25) is 0 Å². The van der Waals surface area contributed by atoms with Gasteiger partial charge in [0, 0.05) is 25.6 Å². The molecule has 1 saturated carbocycles. The Morgan fingerprint density at radius 3 is 2.36 bits per heavy atom. The minimum Gasteiger partial charge on any atom is -0.343 e. The summed E-state index contributed by atoms with van der Waals surface area (Å²) in [4.78, 5) is 39.1. The maximum Gasteiger partial charge on any atom is 0.289 e. The quantitative estimate of drug-likeness (QED) is 0.798. The molecule has 0 radical (unpaired) electrons. The van der Waals surface area contributed by atoms with E-state index in [4.69, 9.17) is 0 Å². The third-order valence-corrected chi connectivity index (χ3v) is 6.04.